The molecule has 1 aromatic carbocycles. The van der Waals surface area contributed by atoms with Gasteiger partial charge in [-0.3, -0.25) is 10.1 Å². The summed E-state index contributed by atoms with van der Waals surface area (Å²) in [5.41, 5.74) is 0.926. The van der Waals surface area contributed by atoms with Crippen molar-refractivity contribution in [2.75, 3.05) is 12.8 Å². The number of thioether (sulfide) groups is 1. The van der Waals surface area contributed by atoms with E-state index < -0.39 is 6.03 Å². The number of nitrogens with one attached hydrogen (secondary N) is 2. The number of hydrogen-bond acceptors (Lipinski definition) is 5. The van der Waals surface area contributed by atoms with Crippen molar-refractivity contribution < 1.29 is 9.59 Å². The molecule has 0 aliphatic heterocycles. The van der Waals surface area contributed by atoms with E-state index in [0.717, 1.165) is 30.8 Å². The summed E-state index contributed by atoms with van der Waals surface area (Å²) in [6.45, 7) is 2.98. The van der Waals surface area contributed by atoms with E-state index in [0.29, 0.717) is 10.2 Å². The molecule has 1 heterocycles. The molecular weight excluding hydrogens is 410 g/mol. The van der Waals surface area contributed by atoms with Gasteiger partial charge in [0, 0.05) is 24.2 Å². The van der Waals surface area contributed by atoms with Gasteiger partial charge in [-0.15, -0.1) is 10.2 Å². The standard InChI is InChI=1S/C20H28ClN5O2S/c1-3-4-5-6-7-8-13-26-18(15-9-11-16(21)12-10-15)24-25-20(26)29-14-17(27)23-19(28)22-2/h9-12H,3-8,13-14H2,1-2H3,(H2,22,23,27,28). The van der Waals surface area contributed by atoms with E-state index >= 15 is 0 Å². The average Bonchev–Trinajstić information content (AvgIpc) is 3.12. The van der Waals surface area contributed by atoms with Gasteiger partial charge in [-0.05, 0) is 30.7 Å². The molecule has 0 aliphatic rings. The maximum atomic E-state index is 11.9. The van der Waals surface area contributed by atoms with Crippen LogP contribution in [0.15, 0.2) is 29.4 Å². The SMILES string of the molecule is CCCCCCCCn1c(SCC(=O)NC(=O)NC)nnc1-c1ccc(Cl)cc1. The number of halogens is 1. The maximum Gasteiger partial charge on any atom is 0.321 e. The highest BCUT2D eigenvalue weighted by Crippen LogP contribution is 2.26. The minimum absolute atomic E-state index is 0.0860. The zero-order valence-electron chi connectivity index (χ0n) is 16.9. The van der Waals surface area contributed by atoms with E-state index in [4.69, 9.17) is 11.6 Å². The number of imide groups is 1. The molecule has 0 saturated heterocycles. The Morgan fingerprint density at radius 1 is 1.07 bits per heavy atom. The number of aromatic nitrogens is 3. The fourth-order valence-corrected chi connectivity index (χ4v) is 3.71. The highest BCUT2D eigenvalue weighted by molar-refractivity contribution is 7.99. The van der Waals surface area contributed by atoms with E-state index in [9.17, 15) is 9.59 Å². The van der Waals surface area contributed by atoms with Crippen LogP contribution in [-0.4, -0.2) is 39.5 Å². The highest BCUT2D eigenvalue weighted by atomic mass is 35.5. The summed E-state index contributed by atoms with van der Waals surface area (Å²) in [5.74, 6) is 0.462. The first-order chi connectivity index (χ1) is 14.0. The lowest BCUT2D eigenvalue weighted by atomic mass is 10.1. The van der Waals surface area contributed by atoms with Crippen LogP contribution in [0, 0.1) is 0 Å². The van der Waals surface area contributed by atoms with Crippen LogP contribution in [-0.2, 0) is 11.3 Å². The quantitative estimate of drug-likeness (QED) is 0.399. The Morgan fingerprint density at radius 3 is 2.45 bits per heavy atom. The summed E-state index contributed by atoms with van der Waals surface area (Å²) in [5, 5.41) is 14.6. The molecular formula is C20H28ClN5O2S. The van der Waals surface area contributed by atoms with E-state index in [1.54, 1.807) is 0 Å². The predicted molar refractivity (Wildman–Crippen MR) is 117 cm³/mol. The molecule has 3 amide bonds. The summed E-state index contributed by atoms with van der Waals surface area (Å²) < 4.78 is 2.04. The van der Waals surface area contributed by atoms with Crippen molar-refractivity contribution in [1.82, 2.24) is 25.4 Å². The molecule has 0 saturated carbocycles. The topological polar surface area (TPSA) is 88.9 Å². The predicted octanol–water partition coefficient (Wildman–Crippen LogP) is 4.51. The lowest BCUT2D eigenvalue weighted by molar-refractivity contribution is -0.117. The second-order valence-corrected chi connectivity index (χ2v) is 8.03. The minimum atomic E-state index is -0.522. The van der Waals surface area contributed by atoms with E-state index in [-0.39, 0.29) is 11.7 Å². The van der Waals surface area contributed by atoms with Crippen LogP contribution in [0.25, 0.3) is 11.4 Å². The number of unbranched alkanes of at least 4 members (excludes halogenated alkanes) is 5. The van der Waals surface area contributed by atoms with Gasteiger partial charge in [0.15, 0.2) is 11.0 Å². The van der Waals surface area contributed by atoms with Gasteiger partial charge in [0.2, 0.25) is 5.91 Å². The molecule has 0 atom stereocenters. The van der Waals surface area contributed by atoms with Gasteiger partial charge >= 0.3 is 6.03 Å². The van der Waals surface area contributed by atoms with Gasteiger partial charge in [0.25, 0.3) is 0 Å². The molecule has 7 nitrogen and oxygen atoms in total. The van der Waals surface area contributed by atoms with Crippen LogP contribution >= 0.6 is 23.4 Å². The van der Waals surface area contributed by atoms with Gasteiger partial charge in [-0.2, -0.15) is 0 Å². The molecule has 0 fully saturated rings. The van der Waals surface area contributed by atoms with Crippen LogP contribution < -0.4 is 10.6 Å². The minimum Gasteiger partial charge on any atom is -0.341 e. The smallest absolute Gasteiger partial charge is 0.321 e. The number of rotatable bonds is 11. The van der Waals surface area contributed by atoms with Crippen LogP contribution in [0.3, 0.4) is 0 Å². The van der Waals surface area contributed by atoms with Gasteiger partial charge < -0.3 is 9.88 Å². The molecule has 0 bridgehead atoms. The number of carbonyl (C=O) groups excluding carboxylic acids is 2. The Labute approximate surface area is 181 Å². The van der Waals surface area contributed by atoms with Crippen molar-refractivity contribution >= 4 is 35.3 Å². The zero-order chi connectivity index (χ0) is 21.1. The Hall–Kier alpha value is -2.06. The van der Waals surface area contributed by atoms with Crippen molar-refractivity contribution in [3.8, 4) is 11.4 Å². The number of urea groups is 1. The molecule has 2 aromatic rings. The molecule has 1 aromatic heterocycles. The molecule has 2 N–H and O–H groups in total. The highest BCUT2D eigenvalue weighted by Gasteiger charge is 2.16. The van der Waals surface area contributed by atoms with Gasteiger partial charge in [0.1, 0.15) is 0 Å². The maximum absolute atomic E-state index is 11.9. The van der Waals surface area contributed by atoms with Crippen molar-refractivity contribution in [1.29, 1.82) is 0 Å². The summed E-state index contributed by atoms with van der Waals surface area (Å²) >= 11 is 7.27. The third-order valence-corrected chi connectivity index (χ3v) is 5.59. The third kappa shape index (κ3) is 7.70. The number of amides is 3. The molecule has 29 heavy (non-hydrogen) atoms. The average molecular weight is 438 g/mol. The summed E-state index contributed by atoms with van der Waals surface area (Å²) in [4.78, 5) is 23.2. The fourth-order valence-electron chi connectivity index (χ4n) is 2.82. The second-order valence-electron chi connectivity index (χ2n) is 6.65. The first-order valence-electron chi connectivity index (χ1n) is 9.88. The first kappa shape index (κ1) is 23.2. The van der Waals surface area contributed by atoms with E-state index in [1.807, 2.05) is 28.8 Å². The molecule has 0 spiro atoms. The Bertz CT molecular complexity index is 795. The van der Waals surface area contributed by atoms with Crippen LogP contribution in [0.1, 0.15) is 45.4 Å². The van der Waals surface area contributed by atoms with Crippen molar-refractivity contribution in [3.05, 3.63) is 29.3 Å². The first-order valence-corrected chi connectivity index (χ1v) is 11.2. The lowest BCUT2D eigenvalue weighted by Crippen LogP contribution is -2.38. The van der Waals surface area contributed by atoms with Crippen molar-refractivity contribution in [3.63, 3.8) is 0 Å². The Morgan fingerprint density at radius 2 is 1.76 bits per heavy atom. The normalized spacial score (nSPS) is 10.7. The number of hydrogen-bond donors (Lipinski definition) is 2. The summed E-state index contributed by atoms with van der Waals surface area (Å²) in [7, 11) is 1.46. The fraction of sp³-hybridized carbons (Fsp3) is 0.500. The van der Waals surface area contributed by atoms with Crippen LogP contribution in [0.5, 0.6) is 0 Å². The van der Waals surface area contributed by atoms with Crippen LogP contribution in [0.4, 0.5) is 4.79 Å². The molecule has 9 heteroatoms. The van der Waals surface area contributed by atoms with Crippen molar-refractivity contribution in [2.24, 2.45) is 0 Å². The Kier molecular flexibility index (Phi) is 10.0. The Balaban J connectivity index is 2.07. The molecule has 2 rings (SSSR count). The molecule has 0 aliphatic carbocycles. The monoisotopic (exact) mass is 437 g/mol. The third-order valence-electron chi connectivity index (χ3n) is 4.37. The number of carbonyl (C=O) groups is 2. The van der Waals surface area contributed by atoms with Gasteiger partial charge in [0.05, 0.1) is 5.75 Å². The number of nitrogens with zero attached hydrogens (tertiary/aromatic N) is 3. The summed E-state index contributed by atoms with van der Waals surface area (Å²) in [6, 6.07) is 6.95. The molecule has 0 radical (unpaired) electrons. The van der Waals surface area contributed by atoms with Gasteiger partial charge in [-0.1, -0.05) is 62.4 Å². The molecule has 158 valence electrons. The van der Waals surface area contributed by atoms with E-state index in [1.165, 1.54) is 44.5 Å². The second kappa shape index (κ2) is 12.5. The summed E-state index contributed by atoms with van der Waals surface area (Å²) in [6.07, 6.45) is 7.11. The molecule has 0 unspecified atom stereocenters. The van der Waals surface area contributed by atoms with E-state index in [2.05, 4.69) is 27.8 Å². The largest absolute Gasteiger partial charge is 0.341 e. The number of benzene rings is 1. The lowest BCUT2D eigenvalue weighted by Gasteiger charge is -2.10. The zero-order valence-corrected chi connectivity index (χ0v) is 18.5. The van der Waals surface area contributed by atoms with Crippen molar-refractivity contribution in [2.45, 2.75) is 57.1 Å². The van der Waals surface area contributed by atoms with Gasteiger partial charge in [-0.25, -0.2) is 4.79 Å². The van der Waals surface area contributed by atoms with Crippen LogP contribution in [0.2, 0.25) is 5.02 Å².